The molecule has 0 aromatic heterocycles. The van der Waals surface area contributed by atoms with Gasteiger partial charge in [0, 0.05) is 17.6 Å². The second kappa shape index (κ2) is 10.3. The van der Waals surface area contributed by atoms with E-state index in [1.807, 2.05) is 63.2 Å². The van der Waals surface area contributed by atoms with Crippen LogP contribution in [0.3, 0.4) is 0 Å². The molecule has 0 saturated carbocycles. The van der Waals surface area contributed by atoms with E-state index in [0.29, 0.717) is 18.8 Å². The largest absolute Gasteiger partial charge is 0.484 e. The van der Waals surface area contributed by atoms with E-state index in [1.54, 1.807) is 11.8 Å². The van der Waals surface area contributed by atoms with Crippen LogP contribution in [0.25, 0.3) is 0 Å². The predicted octanol–water partition coefficient (Wildman–Crippen LogP) is 4.00. The van der Waals surface area contributed by atoms with Gasteiger partial charge in [0.25, 0.3) is 5.91 Å². The number of carbonyl (C=O) groups is 2. The fourth-order valence-electron chi connectivity index (χ4n) is 2.98. The van der Waals surface area contributed by atoms with Crippen molar-refractivity contribution in [2.45, 2.75) is 40.3 Å². The predicted molar refractivity (Wildman–Crippen MR) is 114 cm³/mol. The standard InChI is InChI=1S/C22H27BrN2O3/c1-5-24-22(27)17(4)25(13-18-7-6-8-19(23)12-18)21(26)14-28-20-10-15(2)9-16(3)11-20/h6-12,17H,5,13-14H2,1-4H3,(H,24,27)/t17-/m1/s1. The van der Waals surface area contributed by atoms with Gasteiger partial charge in [0.1, 0.15) is 11.8 Å². The minimum atomic E-state index is -0.603. The molecule has 0 fully saturated rings. The number of benzene rings is 2. The highest BCUT2D eigenvalue weighted by molar-refractivity contribution is 9.10. The molecule has 5 nitrogen and oxygen atoms in total. The van der Waals surface area contributed by atoms with Gasteiger partial charge < -0.3 is 15.0 Å². The highest BCUT2D eigenvalue weighted by Gasteiger charge is 2.26. The Kier molecular flexibility index (Phi) is 8.05. The quantitative estimate of drug-likeness (QED) is 0.666. The van der Waals surface area contributed by atoms with Gasteiger partial charge in [-0.2, -0.15) is 0 Å². The number of amides is 2. The van der Waals surface area contributed by atoms with E-state index in [9.17, 15) is 9.59 Å². The van der Waals surface area contributed by atoms with E-state index >= 15 is 0 Å². The van der Waals surface area contributed by atoms with Gasteiger partial charge in [0.05, 0.1) is 0 Å². The Bertz CT molecular complexity index is 818. The lowest BCUT2D eigenvalue weighted by atomic mass is 10.1. The Morgan fingerprint density at radius 3 is 2.43 bits per heavy atom. The van der Waals surface area contributed by atoms with Crippen LogP contribution in [0.2, 0.25) is 0 Å². The number of carbonyl (C=O) groups excluding carboxylic acids is 2. The zero-order valence-electron chi connectivity index (χ0n) is 16.8. The number of rotatable bonds is 8. The first-order valence-electron chi connectivity index (χ1n) is 9.33. The van der Waals surface area contributed by atoms with Crippen molar-refractivity contribution in [3.8, 4) is 5.75 Å². The van der Waals surface area contributed by atoms with Crippen LogP contribution in [0.4, 0.5) is 0 Å². The molecule has 28 heavy (non-hydrogen) atoms. The molecular weight excluding hydrogens is 420 g/mol. The maximum Gasteiger partial charge on any atom is 0.261 e. The number of halogens is 1. The smallest absolute Gasteiger partial charge is 0.261 e. The number of aryl methyl sites for hydroxylation is 2. The summed E-state index contributed by atoms with van der Waals surface area (Å²) >= 11 is 3.45. The SMILES string of the molecule is CCNC(=O)[C@@H](C)N(Cc1cccc(Br)c1)C(=O)COc1cc(C)cc(C)c1. The van der Waals surface area contributed by atoms with Crippen molar-refractivity contribution < 1.29 is 14.3 Å². The van der Waals surface area contributed by atoms with Crippen molar-refractivity contribution in [2.75, 3.05) is 13.2 Å². The maximum absolute atomic E-state index is 12.9. The van der Waals surface area contributed by atoms with Crippen molar-refractivity contribution in [3.05, 3.63) is 63.6 Å². The van der Waals surface area contributed by atoms with Crippen LogP contribution in [-0.2, 0) is 16.1 Å². The molecule has 150 valence electrons. The molecule has 0 saturated heterocycles. The third-order valence-corrected chi connectivity index (χ3v) is 4.81. The molecule has 2 rings (SSSR count). The summed E-state index contributed by atoms with van der Waals surface area (Å²) in [5.41, 5.74) is 3.08. The Labute approximate surface area is 175 Å². The Hall–Kier alpha value is -2.34. The third kappa shape index (κ3) is 6.37. The molecule has 0 aliphatic carbocycles. The van der Waals surface area contributed by atoms with Crippen LogP contribution in [0.1, 0.15) is 30.5 Å². The number of ether oxygens (including phenoxy) is 1. The normalized spacial score (nSPS) is 11.6. The minimum Gasteiger partial charge on any atom is -0.484 e. The highest BCUT2D eigenvalue weighted by atomic mass is 79.9. The van der Waals surface area contributed by atoms with E-state index in [4.69, 9.17) is 4.74 Å². The van der Waals surface area contributed by atoms with E-state index in [1.165, 1.54) is 0 Å². The summed E-state index contributed by atoms with van der Waals surface area (Å²) in [7, 11) is 0. The second-order valence-corrected chi connectivity index (χ2v) is 7.75. The molecule has 1 atom stereocenters. The number of hydrogen-bond donors (Lipinski definition) is 1. The van der Waals surface area contributed by atoms with Crippen LogP contribution in [-0.4, -0.2) is 35.9 Å². The topological polar surface area (TPSA) is 58.6 Å². The zero-order chi connectivity index (χ0) is 20.7. The molecule has 0 radical (unpaired) electrons. The van der Waals surface area contributed by atoms with Gasteiger partial charge in [0.15, 0.2) is 6.61 Å². The lowest BCUT2D eigenvalue weighted by molar-refractivity contribution is -0.142. The summed E-state index contributed by atoms with van der Waals surface area (Å²) in [6.07, 6.45) is 0. The third-order valence-electron chi connectivity index (χ3n) is 4.32. The van der Waals surface area contributed by atoms with Gasteiger partial charge in [0.2, 0.25) is 5.91 Å². The van der Waals surface area contributed by atoms with E-state index in [-0.39, 0.29) is 18.4 Å². The molecule has 2 amide bonds. The van der Waals surface area contributed by atoms with Gasteiger partial charge in [-0.1, -0.05) is 34.1 Å². The van der Waals surface area contributed by atoms with E-state index in [2.05, 4.69) is 21.2 Å². The Balaban J connectivity index is 2.16. The van der Waals surface area contributed by atoms with Crippen LogP contribution < -0.4 is 10.1 Å². The molecule has 0 aliphatic heterocycles. The van der Waals surface area contributed by atoms with Crippen LogP contribution in [0.15, 0.2) is 46.9 Å². The van der Waals surface area contributed by atoms with Crippen LogP contribution in [0.5, 0.6) is 5.75 Å². The molecule has 2 aromatic rings. The molecule has 2 aromatic carbocycles. The van der Waals surface area contributed by atoms with Gasteiger partial charge in [-0.05, 0) is 68.7 Å². The summed E-state index contributed by atoms with van der Waals surface area (Å²) in [5.74, 6) is 0.231. The molecule has 0 aliphatic rings. The van der Waals surface area contributed by atoms with Gasteiger partial charge in [-0.25, -0.2) is 0 Å². The van der Waals surface area contributed by atoms with Crippen molar-refractivity contribution in [3.63, 3.8) is 0 Å². The van der Waals surface area contributed by atoms with Crippen LogP contribution >= 0.6 is 15.9 Å². The molecule has 6 heteroatoms. The highest BCUT2D eigenvalue weighted by Crippen LogP contribution is 2.18. The van der Waals surface area contributed by atoms with Crippen molar-refractivity contribution >= 4 is 27.7 Å². The Morgan fingerprint density at radius 1 is 1.14 bits per heavy atom. The van der Waals surface area contributed by atoms with Crippen molar-refractivity contribution in [1.82, 2.24) is 10.2 Å². The average Bonchev–Trinajstić information content (AvgIpc) is 2.63. The van der Waals surface area contributed by atoms with E-state index in [0.717, 1.165) is 21.2 Å². The minimum absolute atomic E-state index is 0.124. The average molecular weight is 447 g/mol. The number of likely N-dealkylation sites (N-methyl/N-ethyl adjacent to an activating group) is 1. The Morgan fingerprint density at radius 2 is 1.82 bits per heavy atom. The number of nitrogens with zero attached hydrogens (tertiary/aromatic N) is 1. The molecular formula is C22H27BrN2O3. The molecule has 0 unspecified atom stereocenters. The summed E-state index contributed by atoms with van der Waals surface area (Å²) in [4.78, 5) is 26.8. The summed E-state index contributed by atoms with van der Waals surface area (Å²) < 4.78 is 6.66. The molecule has 0 heterocycles. The van der Waals surface area contributed by atoms with Crippen LogP contribution in [0, 0.1) is 13.8 Å². The summed E-state index contributed by atoms with van der Waals surface area (Å²) in [6, 6.07) is 12.9. The maximum atomic E-state index is 12.9. The molecule has 0 bridgehead atoms. The fourth-order valence-corrected chi connectivity index (χ4v) is 3.43. The summed E-state index contributed by atoms with van der Waals surface area (Å²) in [6.45, 7) is 8.28. The van der Waals surface area contributed by atoms with Gasteiger partial charge >= 0.3 is 0 Å². The van der Waals surface area contributed by atoms with Gasteiger partial charge in [-0.3, -0.25) is 9.59 Å². The number of hydrogen-bond acceptors (Lipinski definition) is 3. The van der Waals surface area contributed by atoms with E-state index < -0.39 is 6.04 Å². The van der Waals surface area contributed by atoms with Gasteiger partial charge in [-0.15, -0.1) is 0 Å². The lowest BCUT2D eigenvalue weighted by Gasteiger charge is -2.28. The summed E-state index contributed by atoms with van der Waals surface area (Å²) in [5, 5.41) is 2.78. The lowest BCUT2D eigenvalue weighted by Crippen LogP contribution is -2.49. The fraction of sp³-hybridized carbons (Fsp3) is 0.364. The first-order chi connectivity index (χ1) is 13.3. The zero-order valence-corrected chi connectivity index (χ0v) is 18.4. The molecule has 1 N–H and O–H groups in total. The van der Waals surface area contributed by atoms with Crippen molar-refractivity contribution in [1.29, 1.82) is 0 Å². The second-order valence-electron chi connectivity index (χ2n) is 6.83. The van der Waals surface area contributed by atoms with Crippen molar-refractivity contribution in [2.24, 2.45) is 0 Å². The first kappa shape index (κ1) is 22.0. The monoisotopic (exact) mass is 446 g/mol. The number of nitrogens with one attached hydrogen (secondary N) is 1. The molecule has 0 spiro atoms. The first-order valence-corrected chi connectivity index (χ1v) is 10.1.